The summed E-state index contributed by atoms with van der Waals surface area (Å²) in [5.74, 6) is -1.93. The van der Waals surface area contributed by atoms with E-state index in [4.69, 9.17) is 5.11 Å². The van der Waals surface area contributed by atoms with Crippen LogP contribution in [0.4, 0.5) is 0 Å². The van der Waals surface area contributed by atoms with E-state index in [1.807, 2.05) is 0 Å². The van der Waals surface area contributed by atoms with Gasteiger partial charge in [0.25, 0.3) is 0 Å². The average Bonchev–Trinajstić information content (AvgIpc) is 2.39. The molecule has 8 heteroatoms. The van der Waals surface area contributed by atoms with Gasteiger partial charge in [-0.1, -0.05) is 0 Å². The number of rotatable bonds is 6. The Kier molecular flexibility index (Phi) is 5.45. The van der Waals surface area contributed by atoms with Gasteiger partial charge >= 0.3 is 11.9 Å². The maximum absolute atomic E-state index is 12.2. The molecule has 0 spiro atoms. The molecule has 1 aromatic rings. The molecule has 0 fully saturated rings. The van der Waals surface area contributed by atoms with Crippen LogP contribution in [-0.4, -0.2) is 38.6 Å². The maximum atomic E-state index is 12.2. The lowest BCUT2D eigenvalue weighted by Crippen LogP contribution is -2.31. The van der Waals surface area contributed by atoms with Gasteiger partial charge in [-0.25, -0.2) is 13.2 Å². The van der Waals surface area contributed by atoms with Crippen molar-refractivity contribution >= 4 is 22.0 Å². The predicted molar refractivity (Wildman–Crippen MR) is 74.7 cm³/mol. The third-order valence-corrected chi connectivity index (χ3v) is 4.40. The van der Waals surface area contributed by atoms with Crippen LogP contribution in [0.25, 0.3) is 0 Å². The first kappa shape index (κ1) is 17.1. The number of carboxylic acid groups (broad SMARTS) is 1. The number of hydrogen-bond acceptors (Lipinski definition) is 5. The van der Waals surface area contributed by atoms with E-state index in [1.54, 1.807) is 20.8 Å². The van der Waals surface area contributed by atoms with Crippen molar-refractivity contribution in [2.45, 2.75) is 25.7 Å². The molecule has 0 amide bonds. The highest BCUT2D eigenvalue weighted by Crippen LogP contribution is 2.21. The van der Waals surface area contributed by atoms with E-state index in [2.05, 4.69) is 9.46 Å². The second-order valence-electron chi connectivity index (χ2n) is 4.35. The van der Waals surface area contributed by atoms with Crippen LogP contribution in [0.5, 0.6) is 0 Å². The fraction of sp³-hybridized carbons (Fsp3) is 0.385. The number of carbonyl (C=O) groups is 2. The molecule has 0 saturated heterocycles. The normalized spacial score (nSPS) is 11.2. The zero-order valence-electron chi connectivity index (χ0n) is 12.0. The Morgan fingerprint density at radius 1 is 1.29 bits per heavy atom. The van der Waals surface area contributed by atoms with Crippen molar-refractivity contribution in [2.24, 2.45) is 0 Å². The molecule has 0 radical (unpaired) electrons. The lowest BCUT2D eigenvalue weighted by molar-refractivity contribution is -0.141. The van der Waals surface area contributed by atoms with Crippen LogP contribution in [0, 0.1) is 13.8 Å². The number of benzene rings is 1. The summed E-state index contributed by atoms with van der Waals surface area (Å²) >= 11 is 0. The van der Waals surface area contributed by atoms with E-state index in [9.17, 15) is 18.0 Å². The molecule has 0 atom stereocenters. The van der Waals surface area contributed by atoms with Crippen molar-refractivity contribution in [2.75, 3.05) is 13.2 Å². The van der Waals surface area contributed by atoms with Crippen LogP contribution in [0.2, 0.25) is 0 Å². The van der Waals surface area contributed by atoms with Crippen molar-refractivity contribution in [3.8, 4) is 0 Å². The largest absolute Gasteiger partial charge is 0.478 e. The summed E-state index contributed by atoms with van der Waals surface area (Å²) in [4.78, 5) is 22.0. The van der Waals surface area contributed by atoms with Gasteiger partial charge in [0.1, 0.15) is 6.54 Å². The van der Waals surface area contributed by atoms with Gasteiger partial charge in [0.2, 0.25) is 10.0 Å². The number of ether oxygens (including phenoxy) is 1. The zero-order valence-corrected chi connectivity index (χ0v) is 12.8. The highest BCUT2D eigenvalue weighted by molar-refractivity contribution is 7.89. The molecule has 21 heavy (non-hydrogen) atoms. The molecule has 2 N–H and O–H groups in total. The summed E-state index contributed by atoms with van der Waals surface area (Å²) < 4.78 is 31.1. The molecule has 0 bridgehead atoms. The Bertz CT molecular complexity index is 665. The number of hydrogen-bond donors (Lipinski definition) is 2. The van der Waals surface area contributed by atoms with Gasteiger partial charge in [-0.3, -0.25) is 4.79 Å². The van der Waals surface area contributed by atoms with E-state index in [1.165, 1.54) is 6.07 Å². The summed E-state index contributed by atoms with van der Waals surface area (Å²) in [5.41, 5.74) is 0.831. The predicted octanol–water partition coefficient (Wildman–Crippen LogP) is 0.843. The summed E-state index contributed by atoms with van der Waals surface area (Å²) in [6.07, 6.45) is 0. The Morgan fingerprint density at radius 3 is 2.43 bits per heavy atom. The van der Waals surface area contributed by atoms with Gasteiger partial charge in [-0.15, -0.1) is 0 Å². The van der Waals surface area contributed by atoms with Gasteiger partial charge in [0.05, 0.1) is 17.1 Å². The summed E-state index contributed by atoms with van der Waals surface area (Å²) in [6, 6.07) is 2.46. The van der Waals surface area contributed by atoms with Crippen molar-refractivity contribution in [3.05, 3.63) is 28.8 Å². The molecule has 0 heterocycles. The SMILES string of the molecule is CCOC(=O)CNS(=O)(=O)c1cc(C(=O)O)cc(C)c1C. The number of aromatic carboxylic acids is 1. The molecule has 0 unspecified atom stereocenters. The highest BCUT2D eigenvalue weighted by Gasteiger charge is 2.21. The summed E-state index contributed by atoms with van der Waals surface area (Å²) in [7, 11) is -4.00. The third-order valence-electron chi connectivity index (χ3n) is 2.87. The molecule has 7 nitrogen and oxygen atoms in total. The minimum absolute atomic E-state index is 0.130. The monoisotopic (exact) mass is 315 g/mol. The van der Waals surface area contributed by atoms with E-state index in [-0.39, 0.29) is 17.1 Å². The molecule has 0 aliphatic rings. The molecule has 0 aliphatic carbocycles. The molecular formula is C13H17NO6S. The fourth-order valence-electron chi connectivity index (χ4n) is 1.67. The summed E-state index contributed by atoms with van der Waals surface area (Å²) in [6.45, 7) is 4.43. The van der Waals surface area contributed by atoms with Gasteiger partial charge in [0.15, 0.2) is 0 Å². The molecular weight excluding hydrogens is 298 g/mol. The molecule has 0 aliphatic heterocycles. The first-order chi connectivity index (χ1) is 9.69. The smallest absolute Gasteiger partial charge is 0.335 e. The van der Waals surface area contributed by atoms with E-state index in [0.29, 0.717) is 11.1 Å². The highest BCUT2D eigenvalue weighted by atomic mass is 32.2. The minimum Gasteiger partial charge on any atom is -0.478 e. The lowest BCUT2D eigenvalue weighted by Gasteiger charge is -2.12. The Morgan fingerprint density at radius 2 is 1.90 bits per heavy atom. The summed E-state index contributed by atoms with van der Waals surface area (Å²) in [5, 5.41) is 8.99. The van der Waals surface area contributed by atoms with Crippen LogP contribution < -0.4 is 4.72 Å². The van der Waals surface area contributed by atoms with E-state index in [0.717, 1.165) is 6.07 Å². The van der Waals surface area contributed by atoms with Crippen LogP contribution in [-0.2, 0) is 19.6 Å². The number of sulfonamides is 1. The van der Waals surface area contributed by atoms with E-state index < -0.39 is 28.5 Å². The van der Waals surface area contributed by atoms with Crippen LogP contribution in [0.15, 0.2) is 17.0 Å². The van der Waals surface area contributed by atoms with Gasteiger partial charge < -0.3 is 9.84 Å². The number of nitrogens with one attached hydrogen (secondary N) is 1. The topological polar surface area (TPSA) is 110 Å². The van der Waals surface area contributed by atoms with Crippen LogP contribution in [0.1, 0.15) is 28.4 Å². The van der Waals surface area contributed by atoms with Crippen molar-refractivity contribution in [1.29, 1.82) is 0 Å². The average molecular weight is 315 g/mol. The van der Waals surface area contributed by atoms with Gasteiger partial charge in [0, 0.05) is 0 Å². The second kappa shape index (κ2) is 6.68. The molecule has 1 aromatic carbocycles. The molecule has 0 aromatic heterocycles. The first-order valence-electron chi connectivity index (χ1n) is 6.19. The number of carboxylic acids is 1. The molecule has 1 rings (SSSR count). The van der Waals surface area contributed by atoms with Crippen molar-refractivity contribution < 1.29 is 27.9 Å². The standard InChI is InChI=1S/C13H17NO6S/c1-4-20-12(15)7-14-21(18,19)11-6-10(13(16)17)5-8(2)9(11)3/h5-6,14H,4,7H2,1-3H3,(H,16,17). The fourth-order valence-corrected chi connectivity index (χ4v) is 2.98. The second-order valence-corrected chi connectivity index (χ2v) is 6.09. The van der Waals surface area contributed by atoms with Gasteiger partial charge in [-0.05, 0) is 44.0 Å². The lowest BCUT2D eigenvalue weighted by atomic mass is 10.1. The van der Waals surface area contributed by atoms with Gasteiger partial charge in [-0.2, -0.15) is 4.72 Å². The third kappa shape index (κ3) is 4.27. The Balaban J connectivity index is 3.13. The maximum Gasteiger partial charge on any atom is 0.335 e. The number of esters is 1. The number of aryl methyl sites for hydroxylation is 1. The van der Waals surface area contributed by atoms with Crippen molar-refractivity contribution in [1.82, 2.24) is 4.72 Å². The zero-order chi connectivity index (χ0) is 16.2. The Hall–Kier alpha value is -1.93. The van der Waals surface area contributed by atoms with Crippen LogP contribution >= 0.6 is 0 Å². The quantitative estimate of drug-likeness (QED) is 0.753. The van der Waals surface area contributed by atoms with Crippen LogP contribution in [0.3, 0.4) is 0 Å². The van der Waals surface area contributed by atoms with Crippen molar-refractivity contribution in [3.63, 3.8) is 0 Å². The Labute approximate surface area is 123 Å². The van der Waals surface area contributed by atoms with E-state index >= 15 is 0 Å². The minimum atomic E-state index is -4.00. The first-order valence-corrected chi connectivity index (χ1v) is 7.67. The molecule has 116 valence electrons. The number of carbonyl (C=O) groups excluding carboxylic acids is 1. The molecule has 0 saturated carbocycles.